The van der Waals surface area contributed by atoms with Crippen LogP contribution in [0.25, 0.3) is 0 Å². The molecule has 2 aromatic rings. The fourth-order valence-corrected chi connectivity index (χ4v) is 2.40. The monoisotopic (exact) mass is 273 g/mol. The summed E-state index contributed by atoms with van der Waals surface area (Å²) in [7, 11) is 0. The summed E-state index contributed by atoms with van der Waals surface area (Å²) in [5, 5.41) is 12.9. The van der Waals surface area contributed by atoms with E-state index in [0.29, 0.717) is 0 Å². The molecule has 5 heteroatoms. The number of hydrogen-bond donors (Lipinski definition) is 1. The largest absolute Gasteiger partial charge is 0.479 e. The molecular formula is C14H15N3OS. The Morgan fingerprint density at radius 1 is 1.32 bits per heavy atom. The third-order valence-corrected chi connectivity index (χ3v) is 3.44. The van der Waals surface area contributed by atoms with E-state index in [0.717, 1.165) is 23.8 Å². The number of nitrogens with zero attached hydrogens (tertiary/aromatic N) is 2. The van der Waals surface area contributed by atoms with Crippen molar-refractivity contribution >= 4 is 11.3 Å². The van der Waals surface area contributed by atoms with Crippen molar-refractivity contribution < 1.29 is 4.74 Å². The van der Waals surface area contributed by atoms with Gasteiger partial charge in [-0.2, -0.15) is 5.26 Å². The van der Waals surface area contributed by atoms with Crippen molar-refractivity contribution in [2.24, 2.45) is 0 Å². The van der Waals surface area contributed by atoms with Crippen molar-refractivity contribution in [3.63, 3.8) is 0 Å². The molecule has 0 radical (unpaired) electrons. The van der Waals surface area contributed by atoms with Crippen LogP contribution in [0.3, 0.4) is 0 Å². The number of nitriles is 1. The van der Waals surface area contributed by atoms with Gasteiger partial charge in [-0.15, -0.1) is 11.3 Å². The minimum atomic E-state index is 0.0856. The Bertz CT molecular complexity index is 557. The first-order valence-corrected chi connectivity index (χ1v) is 6.80. The Kier molecular flexibility index (Phi) is 4.90. The van der Waals surface area contributed by atoms with Gasteiger partial charge in [-0.05, 0) is 24.6 Å². The lowest BCUT2D eigenvalue weighted by atomic mass is 10.2. The first-order valence-electron chi connectivity index (χ1n) is 5.98. The normalized spacial score (nSPS) is 10.1. The van der Waals surface area contributed by atoms with E-state index in [1.165, 1.54) is 10.4 Å². The second-order valence-electron chi connectivity index (χ2n) is 4.04. The highest BCUT2D eigenvalue weighted by Crippen LogP contribution is 2.13. The Morgan fingerprint density at radius 3 is 2.74 bits per heavy atom. The molecule has 4 nitrogen and oxygen atoms in total. The highest BCUT2D eigenvalue weighted by atomic mass is 32.1. The summed E-state index contributed by atoms with van der Waals surface area (Å²) in [5.74, 6) is 0.725. The van der Waals surface area contributed by atoms with Crippen molar-refractivity contribution in [2.75, 3.05) is 6.61 Å². The first kappa shape index (κ1) is 13.5. The maximum absolute atomic E-state index is 8.42. The smallest absolute Gasteiger partial charge is 0.174 e. The minimum absolute atomic E-state index is 0.0856. The number of aryl methyl sites for hydroxylation is 1. The molecule has 0 amide bonds. The van der Waals surface area contributed by atoms with Crippen LogP contribution >= 0.6 is 11.3 Å². The molecule has 1 heterocycles. The molecule has 1 N–H and O–H groups in total. The molecule has 0 aliphatic heterocycles. The second-order valence-corrected chi connectivity index (χ2v) is 5.36. The Hall–Kier alpha value is -1.90. The zero-order valence-corrected chi connectivity index (χ0v) is 11.5. The number of thiazole rings is 1. The van der Waals surface area contributed by atoms with Gasteiger partial charge in [0.1, 0.15) is 11.8 Å². The summed E-state index contributed by atoms with van der Waals surface area (Å²) >= 11 is 1.71. The maximum Gasteiger partial charge on any atom is 0.174 e. The molecule has 98 valence electrons. The van der Waals surface area contributed by atoms with Crippen molar-refractivity contribution in [3.05, 3.63) is 45.9 Å². The topological polar surface area (TPSA) is 57.9 Å². The van der Waals surface area contributed by atoms with Gasteiger partial charge in [0.05, 0.1) is 5.01 Å². The van der Waals surface area contributed by atoms with Crippen molar-refractivity contribution in [3.8, 4) is 11.8 Å². The molecule has 1 aromatic carbocycles. The summed E-state index contributed by atoms with van der Waals surface area (Å²) in [6, 6.07) is 9.70. The fourth-order valence-electron chi connectivity index (χ4n) is 1.64. The summed E-state index contributed by atoms with van der Waals surface area (Å²) in [4.78, 5) is 5.46. The molecule has 19 heavy (non-hydrogen) atoms. The summed E-state index contributed by atoms with van der Waals surface area (Å²) in [6.07, 6.45) is 1.91. The van der Waals surface area contributed by atoms with Crippen LogP contribution in [0.1, 0.15) is 15.4 Å². The standard InChI is InChI=1S/C14H15N3OS/c1-11-17-10-14(19-11)9-16-8-12-2-4-13(5-3-12)18-7-6-15/h2-5,10,16H,7-9H2,1H3. The Morgan fingerprint density at radius 2 is 2.11 bits per heavy atom. The molecule has 0 saturated carbocycles. The van der Waals surface area contributed by atoms with Crippen molar-refractivity contribution in [1.29, 1.82) is 5.26 Å². The van der Waals surface area contributed by atoms with E-state index in [4.69, 9.17) is 10.00 Å². The highest BCUT2D eigenvalue weighted by Gasteiger charge is 1.99. The van der Waals surface area contributed by atoms with Gasteiger partial charge >= 0.3 is 0 Å². The molecule has 0 saturated heterocycles. The summed E-state index contributed by atoms with van der Waals surface area (Å²) < 4.78 is 5.20. The highest BCUT2D eigenvalue weighted by molar-refractivity contribution is 7.11. The van der Waals surface area contributed by atoms with Gasteiger partial charge in [0.2, 0.25) is 0 Å². The van der Waals surface area contributed by atoms with E-state index >= 15 is 0 Å². The third kappa shape index (κ3) is 4.36. The molecular weight excluding hydrogens is 258 g/mol. The van der Waals surface area contributed by atoms with Gasteiger partial charge in [-0.25, -0.2) is 4.98 Å². The van der Waals surface area contributed by atoms with Crippen LogP contribution < -0.4 is 10.1 Å². The van der Waals surface area contributed by atoms with Crippen LogP contribution in [-0.4, -0.2) is 11.6 Å². The van der Waals surface area contributed by atoms with Gasteiger partial charge in [0, 0.05) is 24.2 Å². The van der Waals surface area contributed by atoms with E-state index in [-0.39, 0.29) is 6.61 Å². The van der Waals surface area contributed by atoms with Crippen LogP contribution in [0.5, 0.6) is 5.75 Å². The van der Waals surface area contributed by atoms with Crippen molar-refractivity contribution in [1.82, 2.24) is 10.3 Å². The average Bonchev–Trinajstić information content (AvgIpc) is 2.84. The van der Waals surface area contributed by atoms with Gasteiger partial charge in [-0.3, -0.25) is 0 Å². The van der Waals surface area contributed by atoms with E-state index in [1.807, 2.05) is 43.5 Å². The fraction of sp³-hybridized carbons (Fsp3) is 0.286. The number of rotatable bonds is 6. The summed E-state index contributed by atoms with van der Waals surface area (Å²) in [6.45, 7) is 3.73. The van der Waals surface area contributed by atoms with Crippen LogP contribution in [0.4, 0.5) is 0 Å². The van der Waals surface area contributed by atoms with Gasteiger partial charge in [0.25, 0.3) is 0 Å². The molecule has 2 rings (SSSR count). The van der Waals surface area contributed by atoms with Crippen LogP contribution in [0.15, 0.2) is 30.5 Å². The summed E-state index contributed by atoms with van der Waals surface area (Å²) in [5.41, 5.74) is 1.19. The average molecular weight is 273 g/mol. The maximum atomic E-state index is 8.42. The van der Waals surface area contributed by atoms with Crippen molar-refractivity contribution in [2.45, 2.75) is 20.0 Å². The SMILES string of the molecule is Cc1ncc(CNCc2ccc(OCC#N)cc2)s1. The lowest BCUT2D eigenvalue weighted by Gasteiger charge is -2.05. The molecule has 0 spiro atoms. The zero-order chi connectivity index (χ0) is 13.5. The molecule has 0 unspecified atom stereocenters. The molecule has 0 aliphatic carbocycles. The first-order chi connectivity index (χ1) is 9.28. The molecule has 1 aromatic heterocycles. The molecule has 0 fully saturated rings. The second kappa shape index (κ2) is 6.88. The number of ether oxygens (including phenoxy) is 1. The molecule has 0 bridgehead atoms. The predicted octanol–water partition coefficient (Wildman–Crippen LogP) is 2.64. The number of nitrogens with one attached hydrogen (secondary N) is 1. The Labute approximate surface area is 116 Å². The van der Waals surface area contributed by atoms with Gasteiger partial charge in [0.15, 0.2) is 6.61 Å². The van der Waals surface area contributed by atoms with E-state index < -0.39 is 0 Å². The quantitative estimate of drug-likeness (QED) is 0.879. The lowest BCUT2D eigenvalue weighted by molar-refractivity contribution is 0.368. The van der Waals surface area contributed by atoms with E-state index in [1.54, 1.807) is 11.3 Å². The number of aromatic nitrogens is 1. The van der Waals surface area contributed by atoms with E-state index in [9.17, 15) is 0 Å². The Balaban J connectivity index is 1.78. The van der Waals surface area contributed by atoms with Crippen LogP contribution in [-0.2, 0) is 13.1 Å². The zero-order valence-electron chi connectivity index (χ0n) is 10.7. The van der Waals surface area contributed by atoms with Crippen LogP contribution in [0, 0.1) is 18.3 Å². The molecule has 0 aliphatic rings. The number of benzene rings is 1. The van der Waals surface area contributed by atoms with Gasteiger partial charge in [-0.1, -0.05) is 12.1 Å². The van der Waals surface area contributed by atoms with Crippen LogP contribution in [0.2, 0.25) is 0 Å². The predicted molar refractivity (Wildman–Crippen MR) is 74.9 cm³/mol. The van der Waals surface area contributed by atoms with E-state index in [2.05, 4.69) is 10.3 Å². The minimum Gasteiger partial charge on any atom is -0.479 e. The number of hydrogen-bond acceptors (Lipinski definition) is 5. The van der Waals surface area contributed by atoms with Gasteiger partial charge < -0.3 is 10.1 Å². The lowest BCUT2D eigenvalue weighted by Crippen LogP contribution is -2.11. The molecule has 0 atom stereocenters. The third-order valence-electron chi connectivity index (χ3n) is 2.52.